The summed E-state index contributed by atoms with van der Waals surface area (Å²) in [7, 11) is 0. The highest BCUT2D eigenvalue weighted by atomic mass is 19.1. The molecule has 3 heterocycles. The second-order valence-corrected chi connectivity index (χ2v) is 7.68. The van der Waals surface area contributed by atoms with Gasteiger partial charge in [0.05, 0.1) is 5.70 Å². The van der Waals surface area contributed by atoms with E-state index in [1.165, 1.54) is 6.07 Å². The minimum atomic E-state index is -0.444. The lowest BCUT2D eigenvalue weighted by molar-refractivity contribution is 0.409. The number of hydrogen-bond donors (Lipinski definition) is 3. The highest BCUT2D eigenvalue weighted by Crippen LogP contribution is 2.38. The zero-order chi connectivity index (χ0) is 19.1. The van der Waals surface area contributed by atoms with E-state index >= 15 is 0 Å². The maximum Gasteiger partial charge on any atom is 0.229 e. The Morgan fingerprint density at radius 3 is 2.96 bits per heavy atom. The molecule has 5 rings (SSSR count). The molecule has 0 saturated heterocycles. The molecule has 0 spiro atoms. The molecule has 144 valence electrons. The predicted molar refractivity (Wildman–Crippen MR) is 107 cm³/mol. The Bertz CT molecular complexity index is 967. The number of hydrogen-bond acceptors (Lipinski definition) is 6. The molecule has 3 aliphatic rings. The van der Waals surface area contributed by atoms with Gasteiger partial charge in [-0.15, -0.1) is 0 Å². The second-order valence-electron chi connectivity index (χ2n) is 7.68. The van der Waals surface area contributed by atoms with E-state index in [9.17, 15) is 4.39 Å². The van der Waals surface area contributed by atoms with Crippen molar-refractivity contribution in [1.29, 1.82) is 0 Å². The van der Waals surface area contributed by atoms with Crippen LogP contribution >= 0.6 is 0 Å². The number of aryl methyl sites for hydroxylation is 1. The average Bonchev–Trinajstić information content (AvgIpc) is 3.55. The Kier molecular flexibility index (Phi) is 4.05. The number of halogens is 1. The zero-order valence-corrected chi connectivity index (χ0v) is 15.5. The monoisotopic (exact) mass is 378 g/mol. The van der Waals surface area contributed by atoms with Crippen molar-refractivity contribution in [1.82, 2.24) is 15.3 Å². The molecule has 1 unspecified atom stereocenters. The number of nitrogens with zero attached hydrogens (tertiary/aromatic N) is 3. The van der Waals surface area contributed by atoms with Crippen molar-refractivity contribution in [3.63, 3.8) is 0 Å². The van der Waals surface area contributed by atoms with Gasteiger partial charge in [0, 0.05) is 24.6 Å². The van der Waals surface area contributed by atoms with Crippen LogP contribution < -0.4 is 21.3 Å². The summed E-state index contributed by atoms with van der Waals surface area (Å²) >= 11 is 0. The molecule has 2 aliphatic heterocycles. The van der Waals surface area contributed by atoms with Crippen LogP contribution in [-0.2, 0) is 6.42 Å². The van der Waals surface area contributed by atoms with Crippen molar-refractivity contribution in [3.8, 4) is 0 Å². The topological polar surface area (TPSA) is 79.1 Å². The minimum Gasteiger partial charge on any atom is -0.368 e. The molecule has 1 fully saturated rings. The van der Waals surface area contributed by atoms with Gasteiger partial charge in [-0.2, -0.15) is 4.98 Å². The number of fused-ring (bicyclic) bond motifs is 1. The third-order valence-electron chi connectivity index (χ3n) is 5.60. The summed E-state index contributed by atoms with van der Waals surface area (Å²) in [6.45, 7) is 0.844. The van der Waals surface area contributed by atoms with Gasteiger partial charge in [-0.1, -0.05) is 0 Å². The Morgan fingerprint density at radius 2 is 2.18 bits per heavy atom. The number of aromatic nitrogens is 2. The van der Waals surface area contributed by atoms with Crippen LogP contribution in [0.3, 0.4) is 0 Å². The SMILES string of the molecule is NC1(C2CC2)C=CC(Nc2nccc(N3CCCc4cc(F)ccc43)n2)=CN1. The molecular formula is C21H23FN6. The van der Waals surface area contributed by atoms with Crippen LogP contribution in [0.5, 0.6) is 0 Å². The fraction of sp³-hybridized carbons (Fsp3) is 0.333. The van der Waals surface area contributed by atoms with Gasteiger partial charge < -0.3 is 21.3 Å². The van der Waals surface area contributed by atoms with Gasteiger partial charge >= 0.3 is 0 Å². The quantitative estimate of drug-likeness (QED) is 0.758. The first kappa shape index (κ1) is 17.2. The average molecular weight is 378 g/mol. The van der Waals surface area contributed by atoms with Gasteiger partial charge in [0.25, 0.3) is 0 Å². The maximum atomic E-state index is 13.6. The van der Waals surface area contributed by atoms with Gasteiger partial charge in [-0.25, -0.2) is 9.37 Å². The Hall–Kier alpha value is -2.93. The van der Waals surface area contributed by atoms with Crippen LogP contribution in [0.25, 0.3) is 0 Å². The molecule has 1 saturated carbocycles. The van der Waals surface area contributed by atoms with Crippen LogP contribution in [0, 0.1) is 11.7 Å². The molecule has 6 nitrogen and oxygen atoms in total. The number of anilines is 3. The van der Waals surface area contributed by atoms with Crippen molar-refractivity contribution in [2.24, 2.45) is 11.7 Å². The molecule has 7 heteroatoms. The van der Waals surface area contributed by atoms with Gasteiger partial charge in [-0.05, 0) is 73.6 Å². The lowest BCUT2D eigenvalue weighted by atomic mass is 10.0. The molecule has 0 bridgehead atoms. The fourth-order valence-electron chi connectivity index (χ4n) is 3.91. The number of nitrogens with two attached hydrogens (primary N) is 1. The maximum absolute atomic E-state index is 13.6. The number of allylic oxidation sites excluding steroid dienone is 1. The largest absolute Gasteiger partial charge is 0.368 e. The van der Waals surface area contributed by atoms with Crippen molar-refractivity contribution in [2.45, 2.75) is 31.3 Å². The molecule has 0 amide bonds. The first-order valence-corrected chi connectivity index (χ1v) is 9.73. The van der Waals surface area contributed by atoms with Gasteiger partial charge in [0.2, 0.25) is 5.95 Å². The van der Waals surface area contributed by atoms with Gasteiger partial charge in [0.1, 0.15) is 17.3 Å². The van der Waals surface area contributed by atoms with Crippen LogP contribution in [0.4, 0.5) is 21.8 Å². The lowest BCUT2D eigenvalue weighted by Gasteiger charge is -2.31. The first-order chi connectivity index (χ1) is 13.6. The summed E-state index contributed by atoms with van der Waals surface area (Å²) in [5.74, 6) is 1.62. The minimum absolute atomic E-state index is 0.198. The van der Waals surface area contributed by atoms with Crippen LogP contribution in [0.1, 0.15) is 24.8 Å². The van der Waals surface area contributed by atoms with E-state index in [0.29, 0.717) is 11.9 Å². The van der Waals surface area contributed by atoms with Crippen molar-refractivity contribution >= 4 is 17.5 Å². The van der Waals surface area contributed by atoms with E-state index in [0.717, 1.165) is 55.0 Å². The number of rotatable bonds is 4. The lowest BCUT2D eigenvalue weighted by Crippen LogP contribution is -2.52. The van der Waals surface area contributed by atoms with E-state index in [4.69, 9.17) is 5.73 Å². The molecular weight excluding hydrogens is 355 g/mol. The van der Waals surface area contributed by atoms with Gasteiger partial charge in [-0.3, -0.25) is 0 Å². The standard InChI is InChI=1S/C21H23FN6/c22-16-5-6-18-14(12-16)2-1-11-28(18)19-8-10-24-20(27-19)26-17-7-9-21(23,25-13-17)15-3-4-15/h5-10,12-13,15,25H,1-4,11,23H2,(H,24,26,27). The molecule has 1 aliphatic carbocycles. The Balaban J connectivity index is 1.35. The molecule has 0 radical (unpaired) electrons. The van der Waals surface area contributed by atoms with Crippen molar-refractivity contribution in [2.75, 3.05) is 16.8 Å². The van der Waals surface area contributed by atoms with Gasteiger partial charge in [0.15, 0.2) is 0 Å². The fourth-order valence-corrected chi connectivity index (χ4v) is 3.91. The summed E-state index contributed by atoms with van der Waals surface area (Å²) in [6.07, 6.45) is 11.8. The normalized spacial score (nSPS) is 23.6. The molecule has 28 heavy (non-hydrogen) atoms. The summed E-state index contributed by atoms with van der Waals surface area (Å²) in [6, 6.07) is 6.82. The van der Waals surface area contributed by atoms with Crippen LogP contribution in [0.2, 0.25) is 0 Å². The van der Waals surface area contributed by atoms with E-state index in [-0.39, 0.29) is 5.82 Å². The third kappa shape index (κ3) is 3.22. The molecule has 1 aromatic carbocycles. The highest BCUT2D eigenvalue weighted by molar-refractivity contribution is 5.66. The van der Waals surface area contributed by atoms with E-state index in [1.54, 1.807) is 12.3 Å². The molecule has 1 atom stereocenters. The van der Waals surface area contributed by atoms with E-state index in [1.807, 2.05) is 30.5 Å². The Labute approximate surface area is 163 Å². The molecule has 4 N–H and O–H groups in total. The molecule has 2 aromatic rings. The third-order valence-corrected chi connectivity index (χ3v) is 5.60. The van der Waals surface area contributed by atoms with Crippen LogP contribution in [-0.4, -0.2) is 22.2 Å². The number of dihydropyridines is 1. The number of nitrogens with one attached hydrogen (secondary N) is 2. The number of benzene rings is 1. The second kappa shape index (κ2) is 6.60. The first-order valence-electron chi connectivity index (χ1n) is 9.73. The summed E-state index contributed by atoms with van der Waals surface area (Å²) in [5, 5.41) is 6.53. The zero-order valence-electron chi connectivity index (χ0n) is 15.5. The van der Waals surface area contributed by atoms with Crippen molar-refractivity contribution < 1.29 is 4.39 Å². The Morgan fingerprint density at radius 1 is 1.29 bits per heavy atom. The smallest absolute Gasteiger partial charge is 0.229 e. The predicted octanol–water partition coefficient (Wildman–Crippen LogP) is 3.18. The summed E-state index contributed by atoms with van der Waals surface area (Å²) in [4.78, 5) is 11.1. The van der Waals surface area contributed by atoms with Crippen molar-refractivity contribution in [3.05, 3.63) is 65.9 Å². The van der Waals surface area contributed by atoms with E-state index in [2.05, 4.69) is 25.5 Å². The van der Waals surface area contributed by atoms with E-state index < -0.39 is 5.66 Å². The summed E-state index contributed by atoms with van der Waals surface area (Å²) in [5.41, 5.74) is 8.80. The molecule has 1 aromatic heterocycles. The summed E-state index contributed by atoms with van der Waals surface area (Å²) < 4.78 is 13.6. The highest BCUT2D eigenvalue weighted by Gasteiger charge is 2.40. The van der Waals surface area contributed by atoms with Crippen LogP contribution in [0.15, 0.2) is 54.5 Å².